The number of anilines is 1. The van der Waals surface area contributed by atoms with Gasteiger partial charge in [-0.15, -0.1) is 0 Å². The lowest BCUT2D eigenvalue weighted by Gasteiger charge is -2.26. The van der Waals surface area contributed by atoms with Crippen LogP contribution in [0.4, 0.5) is 5.69 Å². The molecule has 11 heteroatoms. The Balaban J connectivity index is 1.87. The van der Waals surface area contributed by atoms with Gasteiger partial charge in [-0.2, -0.15) is 8.61 Å². The highest BCUT2D eigenvalue weighted by Gasteiger charge is 2.27. The van der Waals surface area contributed by atoms with E-state index in [0.29, 0.717) is 13.1 Å². The summed E-state index contributed by atoms with van der Waals surface area (Å²) in [6, 6.07) is 9.32. The fourth-order valence-corrected chi connectivity index (χ4v) is 6.78. The van der Waals surface area contributed by atoms with Crippen LogP contribution in [0.15, 0.2) is 52.3 Å². The van der Waals surface area contributed by atoms with Gasteiger partial charge in [0, 0.05) is 31.7 Å². The zero-order chi connectivity index (χ0) is 24.2. The minimum absolute atomic E-state index is 0.0131. The average molecular weight is 496 g/mol. The third kappa shape index (κ3) is 5.37. The van der Waals surface area contributed by atoms with E-state index in [9.17, 15) is 26.7 Å². The topological polar surface area (TPSA) is 124 Å². The number of nitrogens with zero attached hydrogens (tertiary/aromatic N) is 2. The van der Waals surface area contributed by atoms with Gasteiger partial charge >= 0.3 is 0 Å². The molecule has 0 saturated carbocycles. The smallest absolute Gasteiger partial charge is 0.255 e. The monoisotopic (exact) mass is 495 g/mol. The third-order valence-electron chi connectivity index (χ3n) is 5.61. The zero-order valence-electron chi connectivity index (χ0n) is 18.7. The van der Waals surface area contributed by atoms with Gasteiger partial charge in [0.25, 0.3) is 5.91 Å². The first-order valence-corrected chi connectivity index (χ1v) is 13.7. The molecule has 1 saturated heterocycles. The second-order valence-electron chi connectivity index (χ2n) is 7.71. The van der Waals surface area contributed by atoms with Crippen molar-refractivity contribution in [1.29, 1.82) is 0 Å². The Kier molecular flexibility index (Phi) is 7.78. The molecule has 0 unspecified atom stereocenters. The van der Waals surface area contributed by atoms with Crippen molar-refractivity contribution in [2.45, 2.75) is 42.9 Å². The number of phenols is 1. The van der Waals surface area contributed by atoms with E-state index in [-0.39, 0.29) is 39.9 Å². The number of amides is 1. The number of nitrogens with one attached hydrogen (secondary N) is 1. The zero-order valence-corrected chi connectivity index (χ0v) is 20.3. The van der Waals surface area contributed by atoms with Crippen LogP contribution in [0.5, 0.6) is 5.75 Å². The van der Waals surface area contributed by atoms with E-state index < -0.39 is 26.0 Å². The maximum absolute atomic E-state index is 12.9. The summed E-state index contributed by atoms with van der Waals surface area (Å²) < 4.78 is 54.1. The fourth-order valence-electron chi connectivity index (χ4n) is 3.73. The number of hydrogen-bond acceptors (Lipinski definition) is 6. The summed E-state index contributed by atoms with van der Waals surface area (Å²) in [5, 5.41) is 12.7. The Hall–Kier alpha value is -2.47. The number of carbonyl (C=O) groups excluding carboxylic acids is 1. The Morgan fingerprint density at radius 2 is 1.64 bits per heavy atom. The average Bonchev–Trinajstić information content (AvgIpc) is 2.81. The molecule has 0 aromatic heterocycles. The van der Waals surface area contributed by atoms with Gasteiger partial charge in [-0.05, 0) is 49.2 Å². The van der Waals surface area contributed by atoms with Crippen molar-refractivity contribution in [3.05, 3.63) is 48.0 Å². The number of rotatable bonds is 8. The van der Waals surface area contributed by atoms with Crippen LogP contribution in [-0.4, -0.2) is 62.6 Å². The molecule has 0 bridgehead atoms. The van der Waals surface area contributed by atoms with Crippen molar-refractivity contribution in [3.8, 4) is 5.75 Å². The molecule has 9 nitrogen and oxygen atoms in total. The fraction of sp³-hybridized carbons (Fsp3) is 0.409. The predicted molar refractivity (Wildman–Crippen MR) is 125 cm³/mol. The molecule has 3 rings (SSSR count). The highest BCUT2D eigenvalue weighted by molar-refractivity contribution is 7.89. The van der Waals surface area contributed by atoms with Crippen LogP contribution < -0.4 is 5.32 Å². The van der Waals surface area contributed by atoms with E-state index in [2.05, 4.69) is 5.32 Å². The summed E-state index contributed by atoms with van der Waals surface area (Å²) in [6.07, 6.45) is 2.58. The van der Waals surface area contributed by atoms with Crippen LogP contribution in [0, 0.1) is 0 Å². The molecule has 0 aliphatic carbocycles. The van der Waals surface area contributed by atoms with Crippen LogP contribution in [0.2, 0.25) is 0 Å². The van der Waals surface area contributed by atoms with Crippen molar-refractivity contribution in [2.75, 3.05) is 31.5 Å². The Bertz CT molecular complexity index is 1220. The molecular formula is C22H29N3O6S2. The van der Waals surface area contributed by atoms with Gasteiger partial charge < -0.3 is 10.4 Å². The SMILES string of the molecule is CCN(CC)S(=O)(=O)c1ccc(O)c(NC(=O)c2cccc(S(=O)(=O)N3CCCCC3)c2)c1. The second kappa shape index (κ2) is 10.2. The molecule has 33 heavy (non-hydrogen) atoms. The molecule has 1 heterocycles. The molecular weight excluding hydrogens is 466 g/mol. The van der Waals surface area contributed by atoms with Gasteiger partial charge in [-0.3, -0.25) is 4.79 Å². The van der Waals surface area contributed by atoms with Gasteiger partial charge in [-0.25, -0.2) is 16.8 Å². The van der Waals surface area contributed by atoms with Crippen molar-refractivity contribution in [2.24, 2.45) is 0 Å². The summed E-state index contributed by atoms with van der Waals surface area (Å²) in [7, 11) is -7.51. The Labute approximate surface area is 195 Å². The summed E-state index contributed by atoms with van der Waals surface area (Å²) in [5.41, 5.74) is -0.0120. The predicted octanol–water partition coefficient (Wildman–Crippen LogP) is 2.85. The van der Waals surface area contributed by atoms with Crippen LogP contribution >= 0.6 is 0 Å². The van der Waals surface area contributed by atoms with Gasteiger partial charge in [0.15, 0.2) is 0 Å². The lowest BCUT2D eigenvalue weighted by atomic mass is 10.2. The minimum atomic E-state index is -3.79. The number of phenolic OH excluding ortho intramolecular Hbond substituents is 1. The molecule has 0 atom stereocenters. The molecule has 2 N–H and O–H groups in total. The first-order chi connectivity index (χ1) is 15.6. The highest BCUT2D eigenvalue weighted by Crippen LogP contribution is 2.29. The molecule has 2 aromatic rings. The van der Waals surface area contributed by atoms with Gasteiger partial charge in [-0.1, -0.05) is 26.3 Å². The molecule has 0 radical (unpaired) electrons. The molecule has 180 valence electrons. The normalized spacial score (nSPS) is 15.5. The molecule has 0 spiro atoms. The maximum atomic E-state index is 12.9. The lowest BCUT2D eigenvalue weighted by molar-refractivity contribution is 0.102. The van der Waals surface area contributed by atoms with E-state index in [4.69, 9.17) is 0 Å². The molecule has 1 aliphatic rings. The number of benzene rings is 2. The van der Waals surface area contributed by atoms with Gasteiger partial charge in [0.1, 0.15) is 5.75 Å². The summed E-state index contributed by atoms with van der Waals surface area (Å²) in [6.45, 7) is 4.88. The highest BCUT2D eigenvalue weighted by atomic mass is 32.2. The van der Waals surface area contributed by atoms with Crippen molar-refractivity contribution >= 4 is 31.6 Å². The first kappa shape index (κ1) is 25.2. The summed E-state index contributed by atoms with van der Waals surface area (Å²) in [4.78, 5) is 12.8. The van der Waals surface area contributed by atoms with Gasteiger partial charge in [0.05, 0.1) is 15.5 Å². The van der Waals surface area contributed by atoms with E-state index in [0.717, 1.165) is 19.3 Å². The summed E-state index contributed by atoms with van der Waals surface area (Å²) in [5.74, 6) is -0.975. The Morgan fingerprint density at radius 1 is 0.970 bits per heavy atom. The second-order valence-corrected chi connectivity index (χ2v) is 11.6. The first-order valence-electron chi connectivity index (χ1n) is 10.9. The van der Waals surface area contributed by atoms with Crippen LogP contribution in [0.3, 0.4) is 0 Å². The molecule has 2 aromatic carbocycles. The number of piperidine rings is 1. The standard InChI is InChI=1S/C22H29N3O6S2/c1-3-24(4-2)32(28,29)19-11-12-21(26)20(16-19)23-22(27)17-9-8-10-18(15-17)33(30,31)25-13-6-5-7-14-25/h8-12,15-16,26H,3-7,13-14H2,1-2H3,(H,23,27). The number of carbonyl (C=O) groups is 1. The summed E-state index contributed by atoms with van der Waals surface area (Å²) >= 11 is 0. The van der Waals surface area contributed by atoms with Crippen LogP contribution in [-0.2, 0) is 20.0 Å². The van der Waals surface area contributed by atoms with Crippen LogP contribution in [0.25, 0.3) is 0 Å². The molecule has 1 fully saturated rings. The van der Waals surface area contributed by atoms with E-state index >= 15 is 0 Å². The van der Waals surface area contributed by atoms with Crippen LogP contribution in [0.1, 0.15) is 43.5 Å². The number of hydrogen-bond donors (Lipinski definition) is 2. The Morgan fingerprint density at radius 3 is 2.27 bits per heavy atom. The maximum Gasteiger partial charge on any atom is 0.255 e. The van der Waals surface area contributed by atoms with Crippen molar-refractivity contribution < 1.29 is 26.7 Å². The third-order valence-corrected chi connectivity index (χ3v) is 9.55. The largest absolute Gasteiger partial charge is 0.506 e. The van der Waals surface area contributed by atoms with E-state index in [1.54, 1.807) is 13.8 Å². The van der Waals surface area contributed by atoms with Crippen molar-refractivity contribution in [3.63, 3.8) is 0 Å². The number of aromatic hydroxyl groups is 1. The van der Waals surface area contributed by atoms with Gasteiger partial charge in [0.2, 0.25) is 20.0 Å². The minimum Gasteiger partial charge on any atom is -0.506 e. The van der Waals surface area contributed by atoms with E-state index in [1.807, 2.05) is 0 Å². The number of sulfonamides is 2. The van der Waals surface area contributed by atoms with Crippen molar-refractivity contribution in [1.82, 2.24) is 8.61 Å². The molecule has 1 aliphatic heterocycles. The molecule has 1 amide bonds. The lowest BCUT2D eigenvalue weighted by Crippen LogP contribution is -2.35. The van der Waals surface area contributed by atoms with E-state index in [1.165, 1.54) is 51.1 Å². The quantitative estimate of drug-likeness (QED) is 0.543.